The Morgan fingerprint density at radius 1 is 1.47 bits per heavy atom. The van der Waals surface area contributed by atoms with Crippen LogP contribution in [0.5, 0.6) is 5.75 Å². The fraction of sp³-hybridized carbons (Fsp3) is 0.182. The highest BCUT2D eigenvalue weighted by Gasteiger charge is 2.04. The van der Waals surface area contributed by atoms with Crippen molar-refractivity contribution in [3.63, 3.8) is 0 Å². The van der Waals surface area contributed by atoms with E-state index in [-0.39, 0.29) is 12.3 Å². The Morgan fingerprint density at radius 3 is 2.93 bits per heavy atom. The van der Waals surface area contributed by atoms with E-state index in [1.54, 1.807) is 7.11 Å². The van der Waals surface area contributed by atoms with E-state index >= 15 is 0 Å². The molecule has 4 nitrogen and oxygen atoms in total. The van der Waals surface area contributed by atoms with Crippen LogP contribution in [0.3, 0.4) is 0 Å². The molecule has 0 bridgehead atoms. The smallest absolute Gasteiger partial charge is 0.223 e. The van der Waals surface area contributed by atoms with Crippen molar-refractivity contribution in [3.8, 4) is 5.75 Å². The Hall–Kier alpha value is -1.97. The number of aromatic nitrogens is 1. The van der Waals surface area contributed by atoms with Crippen molar-refractivity contribution in [1.29, 1.82) is 0 Å². The van der Waals surface area contributed by atoms with Gasteiger partial charge in [-0.05, 0) is 24.3 Å². The third-order valence-electron chi connectivity index (χ3n) is 2.25. The summed E-state index contributed by atoms with van der Waals surface area (Å²) < 4.78 is 5.11. The molecular formula is C11H12N2O2. The fourth-order valence-electron chi connectivity index (χ4n) is 1.58. The molecule has 1 heterocycles. The molecule has 0 aliphatic rings. The maximum atomic E-state index is 10.7. The van der Waals surface area contributed by atoms with E-state index in [0.717, 1.165) is 22.3 Å². The molecule has 0 spiro atoms. The van der Waals surface area contributed by atoms with Crippen LogP contribution in [-0.4, -0.2) is 18.0 Å². The zero-order chi connectivity index (χ0) is 10.8. The van der Waals surface area contributed by atoms with Gasteiger partial charge >= 0.3 is 0 Å². The first-order chi connectivity index (χ1) is 7.19. The summed E-state index contributed by atoms with van der Waals surface area (Å²) in [6, 6.07) is 7.60. The van der Waals surface area contributed by atoms with Crippen LogP contribution < -0.4 is 10.5 Å². The summed E-state index contributed by atoms with van der Waals surface area (Å²) in [5, 5.41) is 1.02. The quantitative estimate of drug-likeness (QED) is 0.788. The predicted octanol–water partition coefficient (Wildman–Crippen LogP) is 1.20. The summed E-state index contributed by atoms with van der Waals surface area (Å²) >= 11 is 0. The van der Waals surface area contributed by atoms with Crippen molar-refractivity contribution in [1.82, 2.24) is 4.98 Å². The molecule has 0 saturated carbocycles. The molecular weight excluding hydrogens is 192 g/mol. The number of carbonyl (C=O) groups excluding carboxylic acids is 1. The SMILES string of the molecule is COc1ccc2[nH]c(CC(N)=O)cc2c1. The van der Waals surface area contributed by atoms with Crippen molar-refractivity contribution < 1.29 is 9.53 Å². The molecule has 2 rings (SSSR count). The summed E-state index contributed by atoms with van der Waals surface area (Å²) in [6.07, 6.45) is 0.233. The first-order valence-electron chi connectivity index (χ1n) is 4.63. The average Bonchev–Trinajstić information content (AvgIpc) is 2.57. The molecule has 0 aliphatic carbocycles. The van der Waals surface area contributed by atoms with Crippen molar-refractivity contribution in [2.45, 2.75) is 6.42 Å². The van der Waals surface area contributed by atoms with Gasteiger partial charge in [-0.15, -0.1) is 0 Å². The van der Waals surface area contributed by atoms with Gasteiger partial charge in [0.2, 0.25) is 5.91 Å². The second-order valence-electron chi connectivity index (χ2n) is 3.39. The fourth-order valence-corrected chi connectivity index (χ4v) is 1.58. The van der Waals surface area contributed by atoms with Gasteiger partial charge in [0.1, 0.15) is 5.75 Å². The number of aromatic amines is 1. The molecule has 15 heavy (non-hydrogen) atoms. The van der Waals surface area contributed by atoms with E-state index in [1.165, 1.54) is 0 Å². The largest absolute Gasteiger partial charge is 0.497 e. The lowest BCUT2D eigenvalue weighted by molar-refractivity contribution is -0.117. The van der Waals surface area contributed by atoms with Crippen LogP contribution in [0.15, 0.2) is 24.3 Å². The number of methoxy groups -OCH3 is 1. The zero-order valence-electron chi connectivity index (χ0n) is 8.41. The van der Waals surface area contributed by atoms with Gasteiger partial charge in [0, 0.05) is 16.6 Å². The molecule has 1 amide bonds. The number of benzene rings is 1. The van der Waals surface area contributed by atoms with E-state index in [1.807, 2.05) is 24.3 Å². The molecule has 0 aliphatic heterocycles. The summed E-state index contributed by atoms with van der Waals surface area (Å²) in [7, 11) is 1.62. The third kappa shape index (κ3) is 1.93. The van der Waals surface area contributed by atoms with Crippen LogP contribution in [0.2, 0.25) is 0 Å². The number of hydrogen-bond acceptors (Lipinski definition) is 2. The van der Waals surface area contributed by atoms with Gasteiger partial charge in [-0.2, -0.15) is 0 Å². The van der Waals surface area contributed by atoms with Crippen LogP contribution in [0.4, 0.5) is 0 Å². The zero-order valence-corrected chi connectivity index (χ0v) is 8.41. The maximum absolute atomic E-state index is 10.7. The monoisotopic (exact) mass is 204 g/mol. The molecule has 78 valence electrons. The molecule has 2 aromatic rings. The number of nitrogens with two attached hydrogens (primary N) is 1. The van der Waals surface area contributed by atoms with E-state index in [4.69, 9.17) is 10.5 Å². The summed E-state index contributed by atoms with van der Waals surface area (Å²) in [6.45, 7) is 0. The van der Waals surface area contributed by atoms with Crippen molar-refractivity contribution in [3.05, 3.63) is 30.0 Å². The number of nitrogens with one attached hydrogen (secondary N) is 1. The minimum absolute atomic E-state index is 0.233. The number of rotatable bonds is 3. The first-order valence-corrected chi connectivity index (χ1v) is 4.63. The van der Waals surface area contributed by atoms with Crippen molar-refractivity contribution >= 4 is 16.8 Å². The molecule has 1 aromatic heterocycles. The Labute approximate surface area is 87.0 Å². The Morgan fingerprint density at radius 2 is 2.27 bits per heavy atom. The minimum atomic E-state index is -0.339. The van der Waals surface area contributed by atoms with Crippen LogP contribution in [0, 0.1) is 0 Å². The van der Waals surface area contributed by atoms with Crippen molar-refractivity contribution in [2.75, 3.05) is 7.11 Å². The van der Waals surface area contributed by atoms with Gasteiger partial charge in [-0.25, -0.2) is 0 Å². The number of ether oxygens (including phenoxy) is 1. The molecule has 3 N–H and O–H groups in total. The molecule has 0 unspecified atom stereocenters. The molecule has 0 saturated heterocycles. The van der Waals surface area contributed by atoms with Crippen LogP contribution in [0.1, 0.15) is 5.69 Å². The average molecular weight is 204 g/mol. The highest BCUT2D eigenvalue weighted by Crippen LogP contribution is 2.21. The standard InChI is InChI=1S/C11H12N2O2/c1-15-9-2-3-10-7(5-9)4-8(13-10)6-11(12)14/h2-5,13H,6H2,1H3,(H2,12,14). The molecule has 0 radical (unpaired) electrons. The topological polar surface area (TPSA) is 68.1 Å². The first kappa shape index (κ1) is 9.58. The molecule has 0 fully saturated rings. The number of amides is 1. The van der Waals surface area contributed by atoms with E-state index in [9.17, 15) is 4.79 Å². The minimum Gasteiger partial charge on any atom is -0.497 e. The summed E-state index contributed by atoms with van der Waals surface area (Å²) in [4.78, 5) is 13.9. The highest BCUT2D eigenvalue weighted by atomic mass is 16.5. The van der Waals surface area contributed by atoms with Crippen LogP contribution in [0.25, 0.3) is 10.9 Å². The number of hydrogen-bond donors (Lipinski definition) is 2. The molecule has 1 aromatic carbocycles. The Kier molecular flexibility index (Phi) is 2.33. The van der Waals surface area contributed by atoms with E-state index < -0.39 is 0 Å². The lowest BCUT2D eigenvalue weighted by Gasteiger charge is -1.97. The van der Waals surface area contributed by atoms with Crippen molar-refractivity contribution in [2.24, 2.45) is 5.73 Å². The summed E-state index contributed by atoms with van der Waals surface area (Å²) in [5.41, 5.74) is 6.92. The van der Waals surface area contributed by atoms with E-state index in [2.05, 4.69) is 4.98 Å². The number of primary amides is 1. The molecule has 0 atom stereocenters. The number of H-pyrrole nitrogens is 1. The Balaban J connectivity index is 2.42. The van der Waals surface area contributed by atoms with Crippen LogP contribution in [-0.2, 0) is 11.2 Å². The van der Waals surface area contributed by atoms with E-state index in [0.29, 0.717) is 0 Å². The Bertz CT molecular complexity index is 502. The van der Waals surface area contributed by atoms with Gasteiger partial charge in [-0.3, -0.25) is 4.79 Å². The van der Waals surface area contributed by atoms with Gasteiger partial charge in [0.25, 0.3) is 0 Å². The van der Waals surface area contributed by atoms with Gasteiger partial charge in [0.15, 0.2) is 0 Å². The summed E-state index contributed by atoms with van der Waals surface area (Å²) in [5.74, 6) is 0.459. The lowest BCUT2D eigenvalue weighted by atomic mass is 10.2. The third-order valence-corrected chi connectivity index (χ3v) is 2.25. The maximum Gasteiger partial charge on any atom is 0.223 e. The highest BCUT2D eigenvalue weighted by molar-refractivity contribution is 5.84. The molecule has 4 heteroatoms. The second kappa shape index (κ2) is 3.65. The second-order valence-corrected chi connectivity index (χ2v) is 3.39. The van der Waals surface area contributed by atoms with Gasteiger partial charge < -0.3 is 15.5 Å². The number of carbonyl (C=O) groups is 1. The number of fused-ring (bicyclic) bond motifs is 1. The normalized spacial score (nSPS) is 10.5. The van der Waals surface area contributed by atoms with Crippen LogP contribution >= 0.6 is 0 Å². The van der Waals surface area contributed by atoms with Gasteiger partial charge in [0.05, 0.1) is 13.5 Å². The van der Waals surface area contributed by atoms with Gasteiger partial charge in [-0.1, -0.05) is 0 Å². The lowest BCUT2D eigenvalue weighted by Crippen LogP contribution is -2.13. The predicted molar refractivity (Wildman–Crippen MR) is 57.7 cm³/mol.